The predicted molar refractivity (Wildman–Crippen MR) is 144 cm³/mol. The Hall–Kier alpha value is -3.75. The van der Waals surface area contributed by atoms with Gasteiger partial charge in [0.15, 0.2) is 6.61 Å². The summed E-state index contributed by atoms with van der Waals surface area (Å²) in [6, 6.07) is 10.7. The van der Waals surface area contributed by atoms with Crippen molar-refractivity contribution in [2.75, 3.05) is 17.2 Å². The summed E-state index contributed by atoms with van der Waals surface area (Å²) in [6.45, 7) is 3.22. The number of carbonyl (C=O) groups excluding carboxylic acids is 3. The third-order valence-corrected chi connectivity index (χ3v) is 5.95. The fourth-order valence-corrected chi connectivity index (χ4v) is 3.87. The second-order valence-electron chi connectivity index (χ2n) is 9.05. The molecule has 0 aliphatic heterocycles. The molecule has 2 aromatic carbocycles. The van der Waals surface area contributed by atoms with Gasteiger partial charge in [-0.05, 0) is 31.5 Å². The predicted octanol–water partition coefficient (Wildman–Crippen LogP) is 6.56. The fraction of sp³-hybridized carbons (Fsp3) is 0.464. The van der Waals surface area contributed by atoms with Gasteiger partial charge in [0.05, 0.1) is 16.2 Å². The molecule has 0 spiro atoms. The molecule has 2 N–H and O–H groups in total. The average Bonchev–Trinajstić information content (AvgIpc) is 2.87. The minimum atomic E-state index is -0.760. The number of nitrogens with zero attached hydrogens (tertiary/aromatic N) is 1. The number of aryl methyl sites for hydroxylation is 1. The zero-order valence-corrected chi connectivity index (χ0v) is 21.7. The van der Waals surface area contributed by atoms with Gasteiger partial charge in [0.2, 0.25) is 5.91 Å². The van der Waals surface area contributed by atoms with Crippen LogP contribution in [0, 0.1) is 17.0 Å². The van der Waals surface area contributed by atoms with Crippen LogP contribution < -0.4 is 10.6 Å². The minimum absolute atomic E-state index is 0.123. The number of nitrogens with one attached hydrogen (secondary N) is 2. The third kappa shape index (κ3) is 10.8. The molecule has 0 bridgehead atoms. The molecule has 0 unspecified atom stereocenters. The van der Waals surface area contributed by atoms with Crippen LogP contribution in [-0.4, -0.2) is 29.3 Å². The highest BCUT2D eigenvalue weighted by Crippen LogP contribution is 2.22. The van der Waals surface area contributed by atoms with E-state index in [1.54, 1.807) is 25.1 Å². The van der Waals surface area contributed by atoms with E-state index >= 15 is 0 Å². The molecule has 200 valence electrons. The molecule has 9 nitrogen and oxygen atoms in total. The van der Waals surface area contributed by atoms with E-state index in [2.05, 4.69) is 17.6 Å². The first-order chi connectivity index (χ1) is 17.8. The van der Waals surface area contributed by atoms with E-state index in [1.807, 2.05) is 0 Å². The lowest BCUT2D eigenvalue weighted by Crippen LogP contribution is -2.22. The van der Waals surface area contributed by atoms with Crippen molar-refractivity contribution in [1.82, 2.24) is 0 Å². The number of nitro groups is 1. The van der Waals surface area contributed by atoms with E-state index in [4.69, 9.17) is 4.74 Å². The monoisotopic (exact) mass is 511 g/mol. The number of anilines is 2. The molecule has 0 radical (unpaired) electrons. The summed E-state index contributed by atoms with van der Waals surface area (Å²) < 4.78 is 5.11. The largest absolute Gasteiger partial charge is 0.452 e. The maximum atomic E-state index is 12.6. The molecule has 0 atom stereocenters. The van der Waals surface area contributed by atoms with E-state index in [1.165, 1.54) is 62.8 Å². The van der Waals surface area contributed by atoms with Gasteiger partial charge in [-0.15, -0.1) is 0 Å². The summed E-state index contributed by atoms with van der Waals surface area (Å²) in [4.78, 5) is 47.7. The quantitative estimate of drug-likeness (QED) is 0.114. The first-order valence-corrected chi connectivity index (χ1v) is 12.9. The Bertz CT molecular complexity index is 1070. The van der Waals surface area contributed by atoms with Crippen LogP contribution in [0.5, 0.6) is 0 Å². The van der Waals surface area contributed by atoms with Gasteiger partial charge in [-0.3, -0.25) is 19.7 Å². The zero-order chi connectivity index (χ0) is 27.0. The van der Waals surface area contributed by atoms with Crippen LogP contribution >= 0.6 is 0 Å². The van der Waals surface area contributed by atoms with E-state index < -0.39 is 23.4 Å². The molecule has 0 aromatic heterocycles. The molecular formula is C28H37N3O6. The summed E-state index contributed by atoms with van der Waals surface area (Å²) in [5, 5.41) is 16.3. The lowest BCUT2D eigenvalue weighted by atomic mass is 10.1. The number of nitro benzene ring substituents is 1. The fourth-order valence-electron chi connectivity index (χ4n) is 3.87. The van der Waals surface area contributed by atoms with E-state index in [0.717, 1.165) is 19.3 Å². The summed E-state index contributed by atoms with van der Waals surface area (Å²) in [6.07, 6.45) is 10.8. The number of benzene rings is 2. The molecule has 2 aromatic rings. The molecule has 2 amide bonds. The normalized spacial score (nSPS) is 10.5. The Labute approximate surface area is 218 Å². The van der Waals surface area contributed by atoms with Gasteiger partial charge in [-0.2, -0.15) is 0 Å². The molecule has 0 fully saturated rings. The van der Waals surface area contributed by atoms with Gasteiger partial charge in [0.1, 0.15) is 0 Å². The number of unbranched alkanes of at least 4 members (excludes halogenated alkanes) is 8. The van der Waals surface area contributed by atoms with Crippen molar-refractivity contribution in [3.63, 3.8) is 0 Å². The van der Waals surface area contributed by atoms with Crippen LogP contribution in [0.3, 0.4) is 0 Å². The molecule has 0 heterocycles. The maximum absolute atomic E-state index is 12.6. The van der Waals surface area contributed by atoms with Crippen molar-refractivity contribution >= 4 is 34.8 Å². The van der Waals surface area contributed by atoms with Crippen LogP contribution in [0.1, 0.15) is 87.1 Å². The van der Waals surface area contributed by atoms with Crippen molar-refractivity contribution in [2.45, 2.75) is 78.1 Å². The molecule has 37 heavy (non-hydrogen) atoms. The SMILES string of the molecule is CCCCCCCCCCCC(=O)Nc1ccccc1C(=O)OCC(=O)Nc1ccc(C)c([N+](=O)[O-])c1. The smallest absolute Gasteiger partial charge is 0.340 e. The minimum Gasteiger partial charge on any atom is -0.452 e. The van der Waals surface area contributed by atoms with E-state index in [-0.39, 0.29) is 22.8 Å². The number of para-hydroxylation sites is 1. The Morgan fingerprint density at radius 1 is 0.865 bits per heavy atom. The summed E-state index contributed by atoms with van der Waals surface area (Å²) in [5.41, 5.74) is 1.03. The lowest BCUT2D eigenvalue weighted by molar-refractivity contribution is -0.385. The van der Waals surface area contributed by atoms with Gasteiger partial charge < -0.3 is 15.4 Å². The van der Waals surface area contributed by atoms with Gasteiger partial charge >= 0.3 is 5.97 Å². The standard InChI is InChI=1S/C28H37N3O6/c1-3-4-5-6-7-8-9-10-11-16-26(32)30-24-15-13-12-14-23(24)28(34)37-20-27(33)29-22-18-17-21(2)25(19-22)31(35)36/h12-15,17-19H,3-11,16,20H2,1-2H3,(H,29,33)(H,30,32). The average molecular weight is 512 g/mol. The van der Waals surface area contributed by atoms with Crippen LogP contribution in [0.25, 0.3) is 0 Å². The highest BCUT2D eigenvalue weighted by Gasteiger charge is 2.17. The number of hydrogen-bond donors (Lipinski definition) is 2. The molecular weight excluding hydrogens is 474 g/mol. The van der Waals surface area contributed by atoms with Gasteiger partial charge in [-0.1, -0.05) is 76.5 Å². The zero-order valence-electron chi connectivity index (χ0n) is 21.7. The molecule has 0 saturated carbocycles. The van der Waals surface area contributed by atoms with Crippen molar-refractivity contribution < 1.29 is 24.0 Å². The Kier molecular flexibility index (Phi) is 12.8. The maximum Gasteiger partial charge on any atom is 0.340 e. The second kappa shape index (κ2) is 16.1. The summed E-state index contributed by atoms with van der Waals surface area (Å²) >= 11 is 0. The Morgan fingerprint density at radius 3 is 2.19 bits per heavy atom. The number of rotatable bonds is 16. The summed E-state index contributed by atoms with van der Waals surface area (Å²) in [5.74, 6) is -1.58. The van der Waals surface area contributed by atoms with Gasteiger partial charge in [-0.25, -0.2) is 4.79 Å². The molecule has 0 saturated heterocycles. The summed E-state index contributed by atoms with van der Waals surface area (Å²) in [7, 11) is 0. The first kappa shape index (κ1) is 29.5. The van der Waals surface area contributed by atoms with Gasteiger partial charge in [0, 0.05) is 23.7 Å². The number of esters is 1. The van der Waals surface area contributed by atoms with Crippen molar-refractivity contribution in [3.8, 4) is 0 Å². The number of ether oxygens (including phenoxy) is 1. The second-order valence-corrected chi connectivity index (χ2v) is 9.05. The lowest BCUT2D eigenvalue weighted by Gasteiger charge is -2.11. The Balaban J connectivity index is 1.78. The van der Waals surface area contributed by atoms with Crippen molar-refractivity contribution in [3.05, 3.63) is 63.7 Å². The molecule has 0 aliphatic carbocycles. The van der Waals surface area contributed by atoms with Crippen LogP contribution in [-0.2, 0) is 14.3 Å². The van der Waals surface area contributed by atoms with Crippen molar-refractivity contribution in [1.29, 1.82) is 0 Å². The highest BCUT2D eigenvalue weighted by atomic mass is 16.6. The van der Waals surface area contributed by atoms with E-state index in [9.17, 15) is 24.5 Å². The topological polar surface area (TPSA) is 128 Å². The van der Waals surface area contributed by atoms with Crippen molar-refractivity contribution in [2.24, 2.45) is 0 Å². The molecule has 0 aliphatic rings. The Morgan fingerprint density at radius 2 is 1.51 bits per heavy atom. The van der Waals surface area contributed by atoms with Crippen LogP contribution in [0.2, 0.25) is 0 Å². The van der Waals surface area contributed by atoms with Gasteiger partial charge in [0.25, 0.3) is 11.6 Å². The first-order valence-electron chi connectivity index (χ1n) is 12.9. The van der Waals surface area contributed by atoms with E-state index in [0.29, 0.717) is 17.7 Å². The molecule has 2 rings (SSSR count). The number of amides is 2. The third-order valence-electron chi connectivity index (χ3n) is 5.95. The number of hydrogen-bond acceptors (Lipinski definition) is 6. The molecule has 9 heteroatoms. The highest BCUT2D eigenvalue weighted by molar-refractivity contribution is 6.02. The van der Waals surface area contributed by atoms with Crippen LogP contribution in [0.15, 0.2) is 42.5 Å². The number of carbonyl (C=O) groups is 3. The van der Waals surface area contributed by atoms with Crippen LogP contribution in [0.4, 0.5) is 17.1 Å².